The molecule has 2 aliphatic heterocycles. The number of para-hydroxylation sites is 1. The molecule has 7 nitrogen and oxygen atoms in total. The summed E-state index contributed by atoms with van der Waals surface area (Å²) in [5, 5.41) is 5.03. The molecule has 1 N–H and O–H groups in total. The molecule has 3 aromatic rings. The number of aromatic amines is 1. The minimum absolute atomic E-state index is 0.0986. The summed E-state index contributed by atoms with van der Waals surface area (Å²) in [6, 6.07) is 10.1. The van der Waals surface area contributed by atoms with Crippen LogP contribution in [0.4, 0.5) is 0 Å². The second-order valence-electron chi connectivity index (χ2n) is 8.38. The lowest BCUT2D eigenvalue weighted by Crippen LogP contribution is -2.44. The van der Waals surface area contributed by atoms with Gasteiger partial charge in [0.1, 0.15) is 5.69 Å². The number of rotatable bonds is 2. The number of piperidine rings is 1. The van der Waals surface area contributed by atoms with Crippen LogP contribution in [0, 0.1) is 12.3 Å². The van der Waals surface area contributed by atoms with Gasteiger partial charge in [-0.1, -0.05) is 23.4 Å². The van der Waals surface area contributed by atoms with Gasteiger partial charge in [-0.25, -0.2) is 0 Å². The zero-order valence-corrected chi connectivity index (χ0v) is 16.3. The van der Waals surface area contributed by atoms with Crippen molar-refractivity contribution in [2.45, 2.75) is 32.2 Å². The first-order valence-electron chi connectivity index (χ1n) is 9.91. The Labute approximate surface area is 163 Å². The highest BCUT2D eigenvalue weighted by Crippen LogP contribution is 2.48. The van der Waals surface area contributed by atoms with Crippen LogP contribution in [0.2, 0.25) is 0 Å². The van der Waals surface area contributed by atoms with Gasteiger partial charge in [0.05, 0.1) is 6.04 Å². The number of benzene rings is 1. The van der Waals surface area contributed by atoms with Crippen molar-refractivity contribution in [1.29, 1.82) is 0 Å². The summed E-state index contributed by atoms with van der Waals surface area (Å²) < 4.78 is 5.43. The summed E-state index contributed by atoms with van der Waals surface area (Å²) >= 11 is 0. The molecule has 1 unspecified atom stereocenters. The van der Waals surface area contributed by atoms with Gasteiger partial charge >= 0.3 is 0 Å². The minimum Gasteiger partial charge on any atom is -0.351 e. The van der Waals surface area contributed by atoms with E-state index in [4.69, 9.17) is 4.52 Å². The Kier molecular flexibility index (Phi) is 4.01. The lowest BCUT2D eigenvalue weighted by molar-refractivity contribution is 0.0588. The molecular weight excluding hydrogens is 354 g/mol. The molecule has 1 spiro atoms. The van der Waals surface area contributed by atoms with E-state index in [9.17, 15) is 4.79 Å². The number of nitrogens with zero attached hydrogens (tertiary/aromatic N) is 4. The summed E-state index contributed by atoms with van der Waals surface area (Å²) in [6.07, 6.45) is 3.03. The van der Waals surface area contributed by atoms with E-state index in [1.807, 2.05) is 42.2 Å². The number of hydrogen-bond donors (Lipinski definition) is 1. The summed E-state index contributed by atoms with van der Waals surface area (Å²) in [6.45, 7) is 4.44. The smallest absolute Gasteiger partial charge is 0.270 e. The van der Waals surface area contributed by atoms with Gasteiger partial charge < -0.3 is 14.4 Å². The fourth-order valence-corrected chi connectivity index (χ4v) is 4.90. The van der Waals surface area contributed by atoms with Crippen molar-refractivity contribution in [2.75, 3.05) is 26.7 Å². The molecule has 146 valence electrons. The molecule has 0 saturated carbocycles. The Hall–Kier alpha value is -2.67. The Morgan fingerprint density at radius 2 is 2.07 bits per heavy atom. The number of hydrogen-bond acceptors (Lipinski definition) is 5. The van der Waals surface area contributed by atoms with Crippen molar-refractivity contribution in [3.05, 3.63) is 47.7 Å². The third kappa shape index (κ3) is 2.90. The normalized spacial score (nSPS) is 22.4. The number of fused-ring (bicyclic) bond motifs is 1. The van der Waals surface area contributed by atoms with E-state index in [0.717, 1.165) is 49.8 Å². The Balaban J connectivity index is 1.27. The zero-order chi connectivity index (χ0) is 19.3. The number of H-pyrrole nitrogens is 1. The highest BCUT2D eigenvalue weighted by Gasteiger charge is 2.47. The maximum atomic E-state index is 13.0. The summed E-state index contributed by atoms with van der Waals surface area (Å²) in [5.41, 5.74) is 1.91. The van der Waals surface area contributed by atoms with Gasteiger partial charge in [-0.2, -0.15) is 4.98 Å². The Bertz CT molecular complexity index is 982. The van der Waals surface area contributed by atoms with Crippen LogP contribution in [0.15, 0.2) is 34.9 Å². The molecule has 28 heavy (non-hydrogen) atoms. The average molecular weight is 379 g/mol. The fourth-order valence-electron chi connectivity index (χ4n) is 4.90. The van der Waals surface area contributed by atoms with Gasteiger partial charge in [0.15, 0.2) is 5.82 Å². The largest absolute Gasteiger partial charge is 0.351 e. The molecular formula is C21H25N5O2. The molecule has 5 rings (SSSR count). The topological polar surface area (TPSA) is 78.3 Å². The number of amides is 1. The SMILES string of the molecule is Cc1noc(C2CC3(CCN(C(=O)c4cc5ccccc5[nH]4)CC3)CN2C)n1. The quantitative estimate of drug-likeness (QED) is 0.740. The van der Waals surface area contributed by atoms with Crippen LogP contribution in [0.1, 0.15) is 47.5 Å². The summed E-state index contributed by atoms with van der Waals surface area (Å²) in [7, 11) is 2.13. The molecule has 2 saturated heterocycles. The molecule has 0 radical (unpaired) electrons. The molecule has 1 atom stereocenters. The van der Waals surface area contributed by atoms with Gasteiger partial charge in [-0.3, -0.25) is 9.69 Å². The number of likely N-dealkylation sites (tertiary alicyclic amines) is 2. The van der Waals surface area contributed by atoms with Gasteiger partial charge in [-0.15, -0.1) is 0 Å². The second-order valence-corrected chi connectivity index (χ2v) is 8.38. The van der Waals surface area contributed by atoms with E-state index in [0.29, 0.717) is 17.4 Å². The summed E-state index contributed by atoms with van der Waals surface area (Å²) in [4.78, 5) is 25.0. The van der Waals surface area contributed by atoms with Crippen molar-refractivity contribution in [3.63, 3.8) is 0 Å². The standard InChI is InChI=1S/C21H25N5O2/c1-14-22-19(28-24-14)18-12-21(13-25(18)2)7-9-26(10-8-21)20(27)17-11-15-5-3-4-6-16(15)23-17/h3-6,11,18,23H,7-10,12-13H2,1-2H3. The lowest BCUT2D eigenvalue weighted by atomic mass is 9.76. The van der Waals surface area contributed by atoms with Crippen LogP contribution in [0.5, 0.6) is 0 Å². The third-order valence-corrected chi connectivity index (χ3v) is 6.44. The average Bonchev–Trinajstić information content (AvgIpc) is 3.39. The zero-order valence-electron chi connectivity index (χ0n) is 16.3. The minimum atomic E-state index is 0.0986. The van der Waals surface area contributed by atoms with Crippen molar-refractivity contribution < 1.29 is 9.32 Å². The lowest BCUT2D eigenvalue weighted by Gasteiger charge is -2.39. The number of aryl methyl sites for hydroxylation is 1. The van der Waals surface area contributed by atoms with E-state index < -0.39 is 0 Å². The molecule has 2 fully saturated rings. The van der Waals surface area contributed by atoms with Crippen LogP contribution in [-0.4, -0.2) is 57.5 Å². The van der Waals surface area contributed by atoms with Crippen LogP contribution in [0.3, 0.4) is 0 Å². The van der Waals surface area contributed by atoms with Crippen LogP contribution < -0.4 is 0 Å². The second kappa shape index (κ2) is 6.44. The first kappa shape index (κ1) is 17.4. The molecule has 2 aliphatic rings. The Morgan fingerprint density at radius 1 is 1.29 bits per heavy atom. The van der Waals surface area contributed by atoms with Gasteiger partial charge in [0, 0.05) is 30.5 Å². The maximum Gasteiger partial charge on any atom is 0.270 e. The van der Waals surface area contributed by atoms with Gasteiger partial charge in [-0.05, 0) is 50.8 Å². The number of carbonyl (C=O) groups is 1. The molecule has 2 aromatic heterocycles. The van der Waals surface area contributed by atoms with Gasteiger partial charge in [0.25, 0.3) is 5.91 Å². The van der Waals surface area contributed by atoms with Crippen LogP contribution >= 0.6 is 0 Å². The molecule has 4 heterocycles. The van der Waals surface area contributed by atoms with E-state index in [1.165, 1.54) is 0 Å². The molecule has 1 amide bonds. The van der Waals surface area contributed by atoms with E-state index in [2.05, 4.69) is 27.1 Å². The highest BCUT2D eigenvalue weighted by molar-refractivity contribution is 5.98. The molecule has 1 aromatic carbocycles. The first-order chi connectivity index (χ1) is 13.5. The van der Waals surface area contributed by atoms with Crippen LogP contribution in [-0.2, 0) is 0 Å². The maximum absolute atomic E-state index is 13.0. The highest BCUT2D eigenvalue weighted by atomic mass is 16.5. The van der Waals surface area contributed by atoms with Crippen molar-refractivity contribution in [2.24, 2.45) is 5.41 Å². The predicted octanol–water partition coefficient (Wildman–Crippen LogP) is 3.16. The third-order valence-electron chi connectivity index (χ3n) is 6.44. The predicted molar refractivity (Wildman–Crippen MR) is 105 cm³/mol. The number of aromatic nitrogens is 3. The van der Waals surface area contributed by atoms with Crippen molar-refractivity contribution >= 4 is 16.8 Å². The number of carbonyl (C=O) groups excluding carboxylic acids is 1. The van der Waals surface area contributed by atoms with Gasteiger partial charge in [0.2, 0.25) is 5.89 Å². The van der Waals surface area contributed by atoms with E-state index >= 15 is 0 Å². The van der Waals surface area contributed by atoms with Crippen molar-refractivity contribution in [1.82, 2.24) is 24.9 Å². The summed E-state index contributed by atoms with van der Waals surface area (Å²) in [5.74, 6) is 1.50. The van der Waals surface area contributed by atoms with E-state index in [1.54, 1.807) is 0 Å². The molecule has 7 heteroatoms. The Morgan fingerprint density at radius 3 is 2.79 bits per heavy atom. The molecule has 0 aliphatic carbocycles. The van der Waals surface area contributed by atoms with Crippen molar-refractivity contribution in [3.8, 4) is 0 Å². The fraction of sp³-hybridized carbons (Fsp3) is 0.476. The molecule has 0 bridgehead atoms. The van der Waals surface area contributed by atoms with Crippen LogP contribution in [0.25, 0.3) is 10.9 Å². The van der Waals surface area contributed by atoms with E-state index in [-0.39, 0.29) is 17.4 Å². The number of nitrogens with one attached hydrogen (secondary N) is 1. The first-order valence-corrected chi connectivity index (χ1v) is 9.91. The monoisotopic (exact) mass is 379 g/mol.